The summed E-state index contributed by atoms with van der Waals surface area (Å²) in [4.78, 5) is 30.4. The van der Waals surface area contributed by atoms with Crippen LogP contribution < -0.4 is 14.7 Å². The Labute approximate surface area is 223 Å². The second kappa shape index (κ2) is 38.2. The van der Waals surface area contributed by atoms with Gasteiger partial charge < -0.3 is 14.7 Å². The number of unbranched alkanes of at least 4 members (excludes halogenated alkanes) is 15. The van der Waals surface area contributed by atoms with Gasteiger partial charge in [0.15, 0.2) is 0 Å². The van der Waals surface area contributed by atoms with Crippen LogP contribution >= 0.6 is 24.1 Å². The second-order valence-corrected chi connectivity index (χ2v) is 11.8. The average Bonchev–Trinajstić information content (AvgIpc) is 2.76. The monoisotopic (exact) mass is 584 g/mol. The standard InChI is InChI=1S/3C8H17O2P.Fe/c3*1-2-3-4-5-6-7-8-11(9)10;/h3*2-8H2,1H3;/q;;;+3. The normalized spacial score (nSPS) is 11.3. The molecule has 0 heterocycles. The fourth-order valence-corrected chi connectivity index (χ4v) is 4.51. The van der Waals surface area contributed by atoms with Crippen molar-refractivity contribution in [2.45, 2.75) is 136 Å². The van der Waals surface area contributed by atoms with E-state index in [-0.39, 0.29) is 17.1 Å². The van der Waals surface area contributed by atoms with Gasteiger partial charge in [-0.25, -0.2) is 0 Å². The summed E-state index contributed by atoms with van der Waals surface area (Å²) in [6, 6.07) is 0. The molecule has 0 fully saturated rings. The van der Waals surface area contributed by atoms with E-state index in [2.05, 4.69) is 20.8 Å². The van der Waals surface area contributed by atoms with Gasteiger partial charge in [0.2, 0.25) is 0 Å². The van der Waals surface area contributed by atoms with Crippen LogP contribution in [0.5, 0.6) is 0 Å². The number of hydrogen-bond acceptors (Lipinski definition) is 6. The molecule has 0 amide bonds. The molecule has 0 saturated carbocycles. The zero-order chi connectivity index (χ0) is 25.6. The number of rotatable bonds is 21. The van der Waals surface area contributed by atoms with Crippen molar-refractivity contribution in [2.24, 2.45) is 0 Å². The van der Waals surface area contributed by atoms with E-state index in [1.54, 1.807) is 0 Å². The van der Waals surface area contributed by atoms with Crippen molar-refractivity contribution in [1.29, 1.82) is 0 Å². The van der Waals surface area contributed by atoms with Crippen LogP contribution in [-0.2, 0) is 30.8 Å². The first-order valence-corrected chi connectivity index (χ1v) is 17.3. The topological polar surface area (TPSA) is 120 Å². The van der Waals surface area contributed by atoms with Crippen molar-refractivity contribution in [3.05, 3.63) is 0 Å². The summed E-state index contributed by atoms with van der Waals surface area (Å²) in [7, 11) is -6.37. The summed E-state index contributed by atoms with van der Waals surface area (Å²) in [5.74, 6) is 0. The molecule has 0 aromatic rings. The van der Waals surface area contributed by atoms with Crippen molar-refractivity contribution in [3.8, 4) is 0 Å². The van der Waals surface area contributed by atoms with E-state index in [1.165, 1.54) is 77.0 Å². The van der Waals surface area contributed by atoms with Crippen LogP contribution in [0.25, 0.3) is 0 Å². The summed E-state index contributed by atoms with van der Waals surface area (Å²) in [5.41, 5.74) is 0. The Balaban J connectivity index is -0.000000196. The maximum atomic E-state index is 10.1. The van der Waals surface area contributed by atoms with Gasteiger partial charge in [-0.05, 0) is 38.5 Å². The van der Waals surface area contributed by atoms with E-state index in [4.69, 9.17) is 0 Å². The maximum Gasteiger partial charge on any atom is 3.00 e. The van der Waals surface area contributed by atoms with E-state index in [1.807, 2.05) is 0 Å². The van der Waals surface area contributed by atoms with Crippen LogP contribution in [0.2, 0.25) is 0 Å². The van der Waals surface area contributed by atoms with Crippen molar-refractivity contribution in [3.63, 3.8) is 0 Å². The summed E-state index contributed by atoms with van der Waals surface area (Å²) in [6.45, 7) is 6.53. The van der Waals surface area contributed by atoms with E-state index >= 15 is 0 Å². The van der Waals surface area contributed by atoms with Gasteiger partial charge in [-0.2, -0.15) is 0 Å². The zero-order valence-electron chi connectivity index (χ0n) is 22.0. The first-order chi connectivity index (χ1) is 15.8. The molecule has 3 atom stereocenters. The molecule has 1 radical (unpaired) electrons. The first-order valence-electron chi connectivity index (χ1n) is 13.2. The minimum absolute atomic E-state index is 0. The molecule has 0 bridgehead atoms. The van der Waals surface area contributed by atoms with Crippen LogP contribution in [0.4, 0.5) is 0 Å². The molecule has 0 aliphatic rings. The minimum Gasteiger partial charge on any atom is -0.596 e. The SMILES string of the molecule is CCCCCCCC[P+](=O)[O-].CCCCCCCC[P+](=O)[O-].CCCCCCCC[P+](=O)[O-].[Fe+3]. The van der Waals surface area contributed by atoms with Gasteiger partial charge in [0.1, 0.15) is 18.5 Å². The maximum absolute atomic E-state index is 10.1. The van der Waals surface area contributed by atoms with Crippen LogP contribution in [-0.4, -0.2) is 18.5 Å². The summed E-state index contributed by atoms with van der Waals surface area (Å²) in [5, 5.41) is 0. The third kappa shape index (κ3) is 53.9. The van der Waals surface area contributed by atoms with E-state index in [0.29, 0.717) is 18.5 Å². The first kappa shape index (κ1) is 41.8. The predicted molar refractivity (Wildman–Crippen MR) is 138 cm³/mol. The van der Waals surface area contributed by atoms with Crippen LogP contribution in [0.15, 0.2) is 0 Å². The Morgan fingerprint density at radius 1 is 0.382 bits per heavy atom. The molecule has 0 rings (SSSR count). The molecule has 0 aromatic heterocycles. The quantitative estimate of drug-likeness (QED) is 0.0791. The van der Waals surface area contributed by atoms with Gasteiger partial charge in [-0.15, -0.1) is 0 Å². The van der Waals surface area contributed by atoms with Crippen molar-refractivity contribution >= 4 is 24.1 Å². The Morgan fingerprint density at radius 3 is 0.735 bits per heavy atom. The molecule has 0 saturated heterocycles. The zero-order valence-corrected chi connectivity index (χ0v) is 25.8. The van der Waals surface area contributed by atoms with Gasteiger partial charge in [0.25, 0.3) is 0 Å². The van der Waals surface area contributed by atoms with Crippen molar-refractivity contribution in [2.75, 3.05) is 18.5 Å². The predicted octanol–water partition coefficient (Wildman–Crippen LogP) is 7.35. The largest absolute Gasteiger partial charge is 3.00 e. The minimum atomic E-state index is -2.12. The third-order valence-corrected chi connectivity index (χ3v) is 7.13. The molecule has 0 aromatic carbocycles. The molecular weight excluding hydrogens is 533 g/mol. The van der Waals surface area contributed by atoms with E-state index < -0.39 is 24.1 Å². The van der Waals surface area contributed by atoms with E-state index in [9.17, 15) is 28.4 Å². The van der Waals surface area contributed by atoms with Gasteiger partial charge in [0.05, 0.1) is 0 Å². The van der Waals surface area contributed by atoms with Crippen molar-refractivity contribution in [1.82, 2.24) is 0 Å². The molecule has 0 spiro atoms. The molecule has 10 heteroatoms. The molecule has 0 aliphatic heterocycles. The number of hydrogen-bond donors (Lipinski definition) is 0. The van der Waals surface area contributed by atoms with Gasteiger partial charge in [-0.1, -0.05) is 112 Å². The average molecular weight is 584 g/mol. The fourth-order valence-electron chi connectivity index (χ4n) is 3.06. The second-order valence-electron chi connectivity index (χ2n) is 8.47. The van der Waals surface area contributed by atoms with Crippen molar-refractivity contribution < 1.29 is 45.4 Å². The Kier molecular flexibility index (Phi) is 47.0. The fraction of sp³-hybridized carbons (Fsp3) is 1.00. The smallest absolute Gasteiger partial charge is 0.596 e. The molecule has 3 unspecified atom stereocenters. The molecule has 0 aliphatic carbocycles. The Hall–Kier alpha value is 0.699. The molecular formula is C24H51FeO6P3+3. The Morgan fingerprint density at radius 2 is 0.559 bits per heavy atom. The summed E-state index contributed by atoms with van der Waals surface area (Å²) >= 11 is 0. The molecule has 0 N–H and O–H groups in total. The summed E-state index contributed by atoms with van der Waals surface area (Å²) < 4.78 is 30.4. The summed E-state index contributed by atoms with van der Waals surface area (Å²) in [6.07, 6.45) is 21.8. The van der Waals surface area contributed by atoms with Gasteiger partial charge in [0, 0.05) is 0 Å². The van der Waals surface area contributed by atoms with E-state index in [0.717, 1.165) is 38.5 Å². The molecule has 34 heavy (non-hydrogen) atoms. The molecule has 203 valence electrons. The van der Waals surface area contributed by atoms with Crippen LogP contribution in [0.3, 0.4) is 0 Å². The van der Waals surface area contributed by atoms with Crippen LogP contribution in [0, 0.1) is 0 Å². The third-order valence-electron chi connectivity index (χ3n) is 5.08. The van der Waals surface area contributed by atoms with Gasteiger partial charge in [-0.3, -0.25) is 0 Å². The molecule has 6 nitrogen and oxygen atoms in total. The van der Waals surface area contributed by atoms with Gasteiger partial charge >= 0.3 is 41.2 Å². The Bertz CT molecular complexity index is 381. The van der Waals surface area contributed by atoms with Crippen LogP contribution in [0.1, 0.15) is 136 Å².